The molecule has 0 aromatic rings. The van der Waals surface area contributed by atoms with Crippen LogP contribution in [-0.4, -0.2) is 32.0 Å². The third kappa shape index (κ3) is 7.88. The van der Waals surface area contributed by atoms with Gasteiger partial charge in [-0.3, -0.25) is 4.79 Å². The molecule has 0 spiro atoms. The molecule has 1 rings (SSSR count). The third-order valence-corrected chi connectivity index (χ3v) is 0.846. The molecule has 1 saturated heterocycles. The predicted octanol–water partition coefficient (Wildman–Crippen LogP) is 0.0216. The smallest absolute Gasteiger partial charge is 0.208 e. The molecule has 54 valence electrons. The number of hydrogen-bond donors (Lipinski definition) is 1. The molecule has 1 aliphatic rings. The highest BCUT2D eigenvalue weighted by Gasteiger charge is 1.92. The van der Waals surface area contributed by atoms with E-state index < -0.39 is 0 Å². The second-order valence-corrected chi connectivity index (χ2v) is 1.63. The van der Waals surface area contributed by atoms with Crippen LogP contribution in [0, 0.1) is 0 Å². The summed E-state index contributed by atoms with van der Waals surface area (Å²) < 4.78 is 5.01. The zero-order valence-electron chi connectivity index (χ0n) is 5.10. The Morgan fingerprint density at radius 1 is 1.44 bits per heavy atom. The van der Waals surface area contributed by atoms with Gasteiger partial charge in [-0.2, -0.15) is 0 Å². The summed E-state index contributed by atoms with van der Waals surface area (Å²) in [6.45, 7) is 3.83. The van der Waals surface area contributed by atoms with Gasteiger partial charge in [-0.25, -0.2) is 0 Å². The molecule has 0 unspecified atom stereocenters. The van der Waals surface area contributed by atoms with Gasteiger partial charge in [-0.15, -0.1) is 0 Å². The zero-order chi connectivity index (χ0) is 6.95. The first-order valence-electron chi connectivity index (χ1n) is 2.74. The number of carbonyl (C=O) groups excluding carboxylic acids is 1. The van der Waals surface area contributed by atoms with Gasteiger partial charge in [0.05, 0.1) is 13.2 Å². The van der Waals surface area contributed by atoms with Gasteiger partial charge in [-0.05, 0) is 11.6 Å². The average Bonchev–Trinajstić information content (AvgIpc) is 1.93. The van der Waals surface area contributed by atoms with Crippen molar-refractivity contribution in [3.8, 4) is 0 Å². The Balaban J connectivity index is 0.000000187. The second kappa shape index (κ2) is 7.88. The second-order valence-electron chi connectivity index (χ2n) is 1.45. The predicted molar refractivity (Wildman–Crippen MR) is 36.3 cm³/mol. The van der Waals surface area contributed by atoms with Crippen molar-refractivity contribution in [2.45, 2.75) is 0 Å². The number of carbonyl (C=O) groups is 1. The van der Waals surface area contributed by atoms with Crippen LogP contribution < -0.4 is 5.32 Å². The van der Waals surface area contributed by atoms with Crippen molar-refractivity contribution in [1.82, 2.24) is 5.32 Å². The summed E-state index contributed by atoms with van der Waals surface area (Å²) in [5, 5.41) is 3.16. The number of rotatable bonds is 0. The fourth-order valence-corrected chi connectivity index (χ4v) is 0.516. The van der Waals surface area contributed by atoms with Gasteiger partial charge < -0.3 is 10.1 Å². The summed E-state index contributed by atoms with van der Waals surface area (Å²) in [5.41, 5.74) is 0. The molecule has 0 bridgehead atoms. The van der Waals surface area contributed by atoms with Gasteiger partial charge in [0, 0.05) is 13.1 Å². The molecule has 0 aromatic heterocycles. The lowest BCUT2D eigenvalue weighted by Crippen LogP contribution is -2.30. The SMILES string of the molecule is C1COCCN1.O=CCl. The largest absolute Gasteiger partial charge is 0.379 e. The molecule has 0 aliphatic carbocycles. The van der Waals surface area contributed by atoms with Crippen molar-refractivity contribution in [2.75, 3.05) is 26.3 Å². The van der Waals surface area contributed by atoms with Gasteiger partial charge in [0.1, 0.15) is 0 Å². The maximum absolute atomic E-state index is 8.57. The van der Waals surface area contributed by atoms with E-state index >= 15 is 0 Å². The van der Waals surface area contributed by atoms with Crippen LogP contribution in [-0.2, 0) is 9.53 Å². The summed E-state index contributed by atoms with van der Waals surface area (Å²) in [6, 6.07) is 0. The standard InChI is InChI=1S/C4H9NO.CHClO/c1-3-6-4-2-5-1;2-1-3/h5H,1-4H2;1H. The number of morpholine rings is 1. The zero-order valence-corrected chi connectivity index (χ0v) is 5.86. The van der Waals surface area contributed by atoms with Crippen LogP contribution in [0.4, 0.5) is 0 Å². The van der Waals surface area contributed by atoms with Gasteiger partial charge in [-0.1, -0.05) is 0 Å². The van der Waals surface area contributed by atoms with Gasteiger partial charge >= 0.3 is 0 Å². The molecule has 4 heteroatoms. The van der Waals surface area contributed by atoms with Crippen molar-refractivity contribution in [1.29, 1.82) is 0 Å². The Hall–Kier alpha value is -0.120. The molecular formula is C5H10ClNO2. The van der Waals surface area contributed by atoms with E-state index in [1.807, 2.05) is 0 Å². The Morgan fingerprint density at radius 3 is 2.00 bits per heavy atom. The number of ether oxygens (including phenoxy) is 1. The van der Waals surface area contributed by atoms with Crippen LogP contribution in [0.5, 0.6) is 0 Å². The lowest BCUT2D eigenvalue weighted by Gasteiger charge is -2.10. The van der Waals surface area contributed by atoms with Gasteiger partial charge in [0.15, 0.2) is 0 Å². The van der Waals surface area contributed by atoms with Gasteiger partial charge in [0.25, 0.3) is 0 Å². The number of halogens is 1. The van der Waals surface area contributed by atoms with E-state index in [0.29, 0.717) is 0 Å². The highest BCUT2D eigenvalue weighted by atomic mass is 35.5. The topological polar surface area (TPSA) is 38.3 Å². The van der Waals surface area contributed by atoms with Gasteiger partial charge in [0.2, 0.25) is 5.75 Å². The van der Waals surface area contributed by atoms with Crippen molar-refractivity contribution < 1.29 is 9.53 Å². The molecule has 0 amide bonds. The van der Waals surface area contributed by atoms with Crippen molar-refractivity contribution in [3.05, 3.63) is 0 Å². The minimum absolute atomic E-state index is 0.222. The molecule has 0 saturated carbocycles. The number of nitrogens with one attached hydrogen (secondary N) is 1. The average molecular weight is 152 g/mol. The first-order chi connectivity index (χ1) is 4.41. The van der Waals surface area contributed by atoms with Crippen LogP contribution in [0.25, 0.3) is 0 Å². The van der Waals surface area contributed by atoms with E-state index in [-0.39, 0.29) is 5.75 Å². The molecule has 9 heavy (non-hydrogen) atoms. The molecular weight excluding hydrogens is 142 g/mol. The maximum atomic E-state index is 8.57. The summed E-state index contributed by atoms with van der Waals surface area (Å²) in [4.78, 5) is 8.57. The normalized spacial score (nSPS) is 17.4. The fourth-order valence-electron chi connectivity index (χ4n) is 0.516. The highest BCUT2D eigenvalue weighted by molar-refractivity contribution is 6.54. The molecule has 0 radical (unpaired) electrons. The molecule has 1 fully saturated rings. The first kappa shape index (κ1) is 8.88. The van der Waals surface area contributed by atoms with E-state index in [1.54, 1.807) is 0 Å². The summed E-state index contributed by atoms with van der Waals surface area (Å²) >= 11 is 4.32. The van der Waals surface area contributed by atoms with E-state index in [1.165, 1.54) is 0 Å². The first-order valence-corrected chi connectivity index (χ1v) is 3.17. The van der Waals surface area contributed by atoms with Crippen molar-refractivity contribution >= 4 is 17.3 Å². The number of hydrogen-bond acceptors (Lipinski definition) is 3. The van der Waals surface area contributed by atoms with Crippen LogP contribution in [0.1, 0.15) is 0 Å². The maximum Gasteiger partial charge on any atom is 0.208 e. The lowest BCUT2D eigenvalue weighted by atomic mass is 10.5. The van der Waals surface area contributed by atoms with Crippen molar-refractivity contribution in [2.24, 2.45) is 0 Å². The summed E-state index contributed by atoms with van der Waals surface area (Å²) in [7, 11) is 0. The van der Waals surface area contributed by atoms with E-state index in [9.17, 15) is 0 Å². The van der Waals surface area contributed by atoms with E-state index in [0.717, 1.165) is 26.3 Å². The Bertz CT molecular complexity index is 54.5. The van der Waals surface area contributed by atoms with Crippen LogP contribution in [0.2, 0.25) is 0 Å². The van der Waals surface area contributed by atoms with Crippen molar-refractivity contribution in [3.63, 3.8) is 0 Å². The van der Waals surface area contributed by atoms with Crippen LogP contribution in [0.3, 0.4) is 0 Å². The molecule has 1 heterocycles. The van der Waals surface area contributed by atoms with Crippen LogP contribution >= 0.6 is 11.6 Å². The quantitative estimate of drug-likeness (QED) is 0.392. The van der Waals surface area contributed by atoms with Crippen LogP contribution in [0.15, 0.2) is 0 Å². The van der Waals surface area contributed by atoms with E-state index in [4.69, 9.17) is 9.53 Å². The summed E-state index contributed by atoms with van der Waals surface area (Å²) in [5.74, 6) is 0.222. The van der Waals surface area contributed by atoms with E-state index in [2.05, 4.69) is 16.9 Å². The Kier molecular flexibility index (Phi) is 7.77. The molecule has 3 nitrogen and oxygen atoms in total. The summed E-state index contributed by atoms with van der Waals surface area (Å²) in [6.07, 6.45) is 0. The lowest BCUT2D eigenvalue weighted by molar-refractivity contribution is 0.109. The molecule has 0 atom stereocenters. The minimum atomic E-state index is 0.222. The fraction of sp³-hybridized carbons (Fsp3) is 0.800. The monoisotopic (exact) mass is 151 g/mol. The molecule has 0 aromatic carbocycles. The minimum Gasteiger partial charge on any atom is -0.379 e. The Morgan fingerprint density at radius 2 is 1.89 bits per heavy atom. The molecule has 1 N–H and O–H groups in total. The Labute approximate surface area is 59.3 Å². The highest BCUT2D eigenvalue weighted by Crippen LogP contribution is 1.76. The third-order valence-electron chi connectivity index (χ3n) is 0.846. The molecule has 1 aliphatic heterocycles.